The van der Waals surface area contributed by atoms with Gasteiger partial charge in [-0.25, -0.2) is 4.39 Å². The number of carbonyl (C=O) groups excluding carboxylic acids is 1. The Bertz CT molecular complexity index is 882. The van der Waals surface area contributed by atoms with E-state index in [9.17, 15) is 9.18 Å². The number of hydrogen-bond donors (Lipinski definition) is 1. The Balaban J connectivity index is 1.61. The van der Waals surface area contributed by atoms with Gasteiger partial charge in [-0.3, -0.25) is 9.69 Å². The molecule has 1 N–H and O–H groups in total. The van der Waals surface area contributed by atoms with Gasteiger partial charge in [0, 0.05) is 11.3 Å². The van der Waals surface area contributed by atoms with Crippen LogP contribution in [0.3, 0.4) is 0 Å². The predicted octanol–water partition coefficient (Wildman–Crippen LogP) is 3.51. The highest BCUT2D eigenvalue weighted by molar-refractivity contribution is 5.92. The van der Waals surface area contributed by atoms with E-state index in [0.717, 1.165) is 5.56 Å². The monoisotopic (exact) mass is 354 g/mol. The third-order valence-corrected chi connectivity index (χ3v) is 3.98. The molecule has 0 aliphatic rings. The molecule has 0 aliphatic heterocycles. The molecule has 6 nitrogen and oxygen atoms in total. The smallest absolute Gasteiger partial charge is 0.247 e. The van der Waals surface area contributed by atoms with Gasteiger partial charge in [0.15, 0.2) is 0 Å². The number of carbonyl (C=O) groups is 1. The van der Waals surface area contributed by atoms with Crippen molar-refractivity contribution in [2.24, 2.45) is 0 Å². The van der Waals surface area contributed by atoms with Crippen molar-refractivity contribution < 1.29 is 13.6 Å². The molecule has 0 spiro atoms. The Kier molecular flexibility index (Phi) is 5.38. The fraction of sp³-hybridized carbons (Fsp3) is 0.211. The number of likely N-dealkylation sites (N-methyl/N-ethyl adjacent to an activating group) is 1. The maximum atomic E-state index is 13.2. The summed E-state index contributed by atoms with van der Waals surface area (Å²) in [5.74, 6) is 0.201. The molecule has 1 aromatic heterocycles. The van der Waals surface area contributed by atoms with Crippen LogP contribution in [-0.4, -0.2) is 34.6 Å². The molecule has 26 heavy (non-hydrogen) atoms. The number of anilines is 1. The van der Waals surface area contributed by atoms with E-state index in [2.05, 4.69) is 15.5 Å². The lowest BCUT2D eigenvalue weighted by molar-refractivity contribution is -0.117. The van der Waals surface area contributed by atoms with E-state index in [4.69, 9.17) is 4.42 Å². The number of amides is 1. The number of benzene rings is 2. The SMILES string of the molecule is C[C@@H](c1nnc(-c2ccccc2)o1)N(C)CC(=O)Nc1cccc(F)c1. The van der Waals surface area contributed by atoms with Gasteiger partial charge in [0.25, 0.3) is 0 Å². The average molecular weight is 354 g/mol. The summed E-state index contributed by atoms with van der Waals surface area (Å²) in [6.45, 7) is 1.97. The van der Waals surface area contributed by atoms with Gasteiger partial charge in [-0.2, -0.15) is 0 Å². The molecule has 0 saturated carbocycles. The topological polar surface area (TPSA) is 71.3 Å². The van der Waals surface area contributed by atoms with Crippen molar-refractivity contribution in [3.63, 3.8) is 0 Å². The van der Waals surface area contributed by atoms with Crippen LogP contribution < -0.4 is 5.32 Å². The quantitative estimate of drug-likeness (QED) is 0.733. The Morgan fingerprint density at radius 3 is 2.69 bits per heavy atom. The number of aromatic nitrogens is 2. The molecule has 1 atom stereocenters. The van der Waals surface area contributed by atoms with Crippen LogP contribution in [0, 0.1) is 5.82 Å². The van der Waals surface area contributed by atoms with E-state index >= 15 is 0 Å². The summed E-state index contributed by atoms with van der Waals surface area (Å²) < 4.78 is 18.9. The summed E-state index contributed by atoms with van der Waals surface area (Å²) in [5.41, 5.74) is 1.25. The zero-order valence-electron chi connectivity index (χ0n) is 14.5. The number of nitrogens with one attached hydrogen (secondary N) is 1. The van der Waals surface area contributed by atoms with Crippen molar-refractivity contribution in [1.29, 1.82) is 0 Å². The molecule has 7 heteroatoms. The molecule has 0 saturated heterocycles. The second-order valence-electron chi connectivity index (χ2n) is 5.96. The highest BCUT2D eigenvalue weighted by Crippen LogP contribution is 2.22. The van der Waals surface area contributed by atoms with Crippen LogP contribution in [0.4, 0.5) is 10.1 Å². The Hall–Kier alpha value is -3.06. The minimum atomic E-state index is -0.399. The predicted molar refractivity (Wildman–Crippen MR) is 95.8 cm³/mol. The summed E-state index contributed by atoms with van der Waals surface area (Å²) in [4.78, 5) is 13.9. The molecule has 0 fully saturated rings. The Labute approximate surface area is 150 Å². The van der Waals surface area contributed by atoms with Gasteiger partial charge < -0.3 is 9.73 Å². The molecule has 0 unspecified atom stereocenters. The van der Waals surface area contributed by atoms with Gasteiger partial charge in [-0.05, 0) is 44.3 Å². The van der Waals surface area contributed by atoms with Crippen molar-refractivity contribution in [3.05, 3.63) is 66.3 Å². The highest BCUT2D eigenvalue weighted by atomic mass is 19.1. The van der Waals surface area contributed by atoms with E-state index in [1.165, 1.54) is 12.1 Å². The van der Waals surface area contributed by atoms with Crippen LogP contribution in [0.1, 0.15) is 18.9 Å². The maximum absolute atomic E-state index is 13.2. The molecule has 3 aromatic rings. The minimum absolute atomic E-state index is 0.0979. The summed E-state index contributed by atoms with van der Waals surface area (Å²) in [6.07, 6.45) is 0. The Morgan fingerprint density at radius 1 is 1.19 bits per heavy atom. The lowest BCUT2D eigenvalue weighted by Gasteiger charge is -2.21. The first-order valence-electron chi connectivity index (χ1n) is 8.17. The molecule has 0 bridgehead atoms. The fourth-order valence-corrected chi connectivity index (χ4v) is 2.42. The van der Waals surface area contributed by atoms with E-state index < -0.39 is 5.82 Å². The van der Waals surface area contributed by atoms with Crippen LogP contribution in [0.5, 0.6) is 0 Å². The molecule has 3 rings (SSSR count). The van der Waals surface area contributed by atoms with Gasteiger partial charge >= 0.3 is 0 Å². The standard InChI is InChI=1S/C19H19FN4O2/c1-13(18-22-23-19(26-18)14-7-4-3-5-8-14)24(2)12-17(25)21-16-10-6-9-15(20)11-16/h3-11,13H,12H2,1-2H3,(H,21,25)/t13-/m0/s1. The fourth-order valence-electron chi connectivity index (χ4n) is 2.42. The molecule has 2 aromatic carbocycles. The zero-order chi connectivity index (χ0) is 18.5. The van der Waals surface area contributed by atoms with Gasteiger partial charge in [-0.1, -0.05) is 24.3 Å². The van der Waals surface area contributed by atoms with Gasteiger partial charge in [0.2, 0.25) is 17.7 Å². The second kappa shape index (κ2) is 7.88. The summed E-state index contributed by atoms with van der Waals surface area (Å²) in [5, 5.41) is 10.8. The first-order chi connectivity index (χ1) is 12.5. The first-order valence-corrected chi connectivity index (χ1v) is 8.17. The molecule has 0 aliphatic carbocycles. The van der Waals surface area contributed by atoms with Crippen molar-refractivity contribution in [1.82, 2.24) is 15.1 Å². The lowest BCUT2D eigenvalue weighted by Crippen LogP contribution is -2.32. The summed E-state index contributed by atoms with van der Waals surface area (Å²) in [6, 6.07) is 15.0. The van der Waals surface area contributed by atoms with Crippen LogP contribution in [-0.2, 0) is 4.79 Å². The van der Waals surface area contributed by atoms with Gasteiger partial charge in [0.05, 0.1) is 12.6 Å². The Morgan fingerprint density at radius 2 is 1.96 bits per heavy atom. The van der Waals surface area contributed by atoms with Crippen molar-refractivity contribution >= 4 is 11.6 Å². The molecular formula is C19H19FN4O2. The molecule has 1 heterocycles. The number of rotatable bonds is 6. The van der Waals surface area contributed by atoms with E-state index in [1.54, 1.807) is 24.1 Å². The largest absolute Gasteiger partial charge is 0.419 e. The second-order valence-corrected chi connectivity index (χ2v) is 5.96. The maximum Gasteiger partial charge on any atom is 0.247 e. The zero-order valence-corrected chi connectivity index (χ0v) is 14.5. The first kappa shape index (κ1) is 17.8. The summed E-state index contributed by atoms with van der Waals surface area (Å²) in [7, 11) is 1.78. The third kappa shape index (κ3) is 4.31. The van der Waals surface area contributed by atoms with E-state index in [0.29, 0.717) is 17.5 Å². The van der Waals surface area contributed by atoms with E-state index in [-0.39, 0.29) is 18.5 Å². The number of halogens is 1. The van der Waals surface area contributed by atoms with Crippen LogP contribution >= 0.6 is 0 Å². The average Bonchev–Trinajstić information content (AvgIpc) is 3.11. The van der Waals surface area contributed by atoms with Crippen molar-refractivity contribution in [3.8, 4) is 11.5 Å². The van der Waals surface area contributed by atoms with Crippen LogP contribution in [0.25, 0.3) is 11.5 Å². The van der Waals surface area contributed by atoms with Crippen molar-refractivity contribution in [2.75, 3.05) is 18.9 Å². The summed E-state index contributed by atoms with van der Waals surface area (Å²) >= 11 is 0. The highest BCUT2D eigenvalue weighted by Gasteiger charge is 2.21. The molecular weight excluding hydrogens is 335 g/mol. The third-order valence-electron chi connectivity index (χ3n) is 3.98. The normalized spacial score (nSPS) is 12.2. The van der Waals surface area contributed by atoms with E-state index in [1.807, 2.05) is 37.3 Å². The van der Waals surface area contributed by atoms with Gasteiger partial charge in [0.1, 0.15) is 5.82 Å². The lowest BCUT2D eigenvalue weighted by atomic mass is 10.2. The van der Waals surface area contributed by atoms with Crippen molar-refractivity contribution in [2.45, 2.75) is 13.0 Å². The molecule has 1 amide bonds. The minimum Gasteiger partial charge on any atom is -0.419 e. The van der Waals surface area contributed by atoms with Crippen LogP contribution in [0.15, 0.2) is 59.0 Å². The van der Waals surface area contributed by atoms with Gasteiger partial charge in [-0.15, -0.1) is 10.2 Å². The number of nitrogens with zero attached hydrogens (tertiary/aromatic N) is 3. The molecule has 134 valence electrons. The van der Waals surface area contributed by atoms with Crippen LogP contribution in [0.2, 0.25) is 0 Å². The number of hydrogen-bond acceptors (Lipinski definition) is 5. The molecule has 0 radical (unpaired) electrons.